The molecule has 0 bridgehead atoms. The summed E-state index contributed by atoms with van der Waals surface area (Å²) in [4.78, 5) is 45.1. The molecule has 0 aliphatic rings. The molecule has 5 aromatic rings. The molecule has 8 nitrogen and oxygen atoms in total. The van der Waals surface area contributed by atoms with E-state index in [2.05, 4.69) is 41.2 Å². The van der Waals surface area contributed by atoms with E-state index < -0.39 is 17.1 Å². The first kappa shape index (κ1) is 33.1. The molecule has 0 saturated heterocycles. The summed E-state index contributed by atoms with van der Waals surface area (Å²) in [5.74, 6) is -0.255. The molecule has 46 heavy (non-hydrogen) atoms. The van der Waals surface area contributed by atoms with Crippen molar-refractivity contribution in [2.75, 3.05) is 16.4 Å². The molecule has 1 unspecified atom stereocenters. The first-order chi connectivity index (χ1) is 22.4. The standard InChI is InChI=1S/C34H28BrN5O3S3/c1-2-44-34-39-33(46-40-34)38-32(43)29(23-11-5-3-6-12-23)45-27-18-16-26(17-19-27)36-31(42)28(21-22-10-9-15-25(35)20-22)37-30(41)24-13-7-4-8-14-24/h3-21,29H,2H2,1H3,(H,36,42)(H,37,41)(H,38,39,40,43)/b28-21-. The predicted octanol–water partition coefficient (Wildman–Crippen LogP) is 8.29. The number of nitrogens with zero attached hydrogens (tertiary/aromatic N) is 2. The fourth-order valence-corrected chi connectivity index (χ4v) is 6.89. The molecule has 3 amide bonds. The van der Waals surface area contributed by atoms with Crippen LogP contribution in [0.5, 0.6) is 0 Å². The smallest absolute Gasteiger partial charge is 0.272 e. The molecule has 1 heterocycles. The summed E-state index contributed by atoms with van der Waals surface area (Å²) in [6, 6.07) is 32.8. The van der Waals surface area contributed by atoms with Gasteiger partial charge < -0.3 is 10.6 Å². The van der Waals surface area contributed by atoms with Crippen LogP contribution in [0.1, 0.15) is 33.7 Å². The molecule has 3 N–H and O–H groups in total. The summed E-state index contributed by atoms with van der Waals surface area (Å²) in [6.07, 6.45) is 1.62. The maximum Gasteiger partial charge on any atom is 0.272 e. The van der Waals surface area contributed by atoms with Crippen molar-refractivity contribution in [2.45, 2.75) is 22.2 Å². The van der Waals surface area contributed by atoms with E-state index in [1.807, 2.05) is 79.7 Å². The Morgan fingerprint density at radius 3 is 2.30 bits per heavy atom. The van der Waals surface area contributed by atoms with Gasteiger partial charge >= 0.3 is 0 Å². The summed E-state index contributed by atoms with van der Waals surface area (Å²) in [5.41, 5.74) is 2.62. The molecule has 1 aromatic heterocycles. The normalized spacial score (nSPS) is 11.8. The molecule has 5 rings (SSSR count). The summed E-state index contributed by atoms with van der Waals surface area (Å²) in [6.45, 7) is 2.02. The van der Waals surface area contributed by atoms with Crippen molar-refractivity contribution in [3.05, 3.63) is 136 Å². The first-order valence-electron chi connectivity index (χ1n) is 14.1. The van der Waals surface area contributed by atoms with Gasteiger partial charge in [0, 0.05) is 32.2 Å². The Hall–Kier alpha value is -4.23. The average molecular weight is 731 g/mol. The predicted molar refractivity (Wildman–Crippen MR) is 191 cm³/mol. The molecular weight excluding hydrogens is 703 g/mol. The monoisotopic (exact) mass is 729 g/mol. The lowest BCUT2D eigenvalue weighted by molar-refractivity contribution is -0.116. The van der Waals surface area contributed by atoms with Crippen LogP contribution in [0.3, 0.4) is 0 Å². The summed E-state index contributed by atoms with van der Waals surface area (Å²) < 4.78 is 5.13. The summed E-state index contributed by atoms with van der Waals surface area (Å²) in [5, 5.41) is 9.07. The third kappa shape index (κ3) is 9.39. The maximum atomic E-state index is 13.4. The van der Waals surface area contributed by atoms with Crippen molar-refractivity contribution in [1.82, 2.24) is 14.7 Å². The third-order valence-corrected chi connectivity index (χ3v) is 9.54. The van der Waals surface area contributed by atoms with Crippen LogP contribution in [0, 0.1) is 0 Å². The number of carbonyl (C=O) groups is 3. The molecule has 1 atom stereocenters. The average Bonchev–Trinajstić information content (AvgIpc) is 3.51. The zero-order valence-electron chi connectivity index (χ0n) is 24.5. The van der Waals surface area contributed by atoms with Gasteiger partial charge in [-0.3, -0.25) is 19.7 Å². The van der Waals surface area contributed by atoms with Gasteiger partial charge in [-0.1, -0.05) is 95.3 Å². The molecule has 0 aliphatic heterocycles. The molecule has 0 fully saturated rings. The van der Waals surface area contributed by atoms with Crippen LogP contribution in [0.2, 0.25) is 0 Å². The van der Waals surface area contributed by atoms with Crippen LogP contribution >= 0.6 is 51.0 Å². The number of rotatable bonds is 12. The topological polar surface area (TPSA) is 113 Å². The van der Waals surface area contributed by atoms with E-state index in [0.29, 0.717) is 21.5 Å². The van der Waals surface area contributed by atoms with Crippen molar-refractivity contribution >= 4 is 85.6 Å². The SMILES string of the molecule is CCSc1nsc(NC(=O)C(Sc2ccc(NC(=O)/C(=C/c3cccc(Br)c3)NC(=O)c3ccccc3)cc2)c2ccccc2)n1. The number of anilines is 2. The van der Waals surface area contributed by atoms with E-state index in [1.54, 1.807) is 42.5 Å². The lowest BCUT2D eigenvalue weighted by Gasteiger charge is -2.16. The number of amides is 3. The molecule has 0 spiro atoms. The minimum atomic E-state index is -0.555. The van der Waals surface area contributed by atoms with Gasteiger partial charge in [0.15, 0.2) is 0 Å². The summed E-state index contributed by atoms with van der Waals surface area (Å²) >= 11 is 7.50. The van der Waals surface area contributed by atoms with Gasteiger partial charge in [0.2, 0.25) is 16.2 Å². The largest absolute Gasteiger partial charge is 0.321 e. The first-order valence-corrected chi connectivity index (χ1v) is 17.5. The highest BCUT2D eigenvalue weighted by atomic mass is 79.9. The van der Waals surface area contributed by atoms with E-state index in [4.69, 9.17) is 0 Å². The Kier molecular flexibility index (Phi) is 11.8. The van der Waals surface area contributed by atoms with E-state index in [9.17, 15) is 14.4 Å². The van der Waals surface area contributed by atoms with E-state index in [-0.39, 0.29) is 11.6 Å². The highest BCUT2D eigenvalue weighted by Crippen LogP contribution is 2.37. The highest BCUT2D eigenvalue weighted by Gasteiger charge is 2.24. The second kappa shape index (κ2) is 16.4. The Morgan fingerprint density at radius 2 is 1.61 bits per heavy atom. The minimum absolute atomic E-state index is 0.0865. The number of benzene rings is 4. The van der Waals surface area contributed by atoms with E-state index in [1.165, 1.54) is 23.5 Å². The van der Waals surface area contributed by atoms with Gasteiger partial charge in [0.25, 0.3) is 11.8 Å². The van der Waals surface area contributed by atoms with Crippen LogP contribution in [0.25, 0.3) is 6.08 Å². The van der Waals surface area contributed by atoms with Gasteiger partial charge in [-0.05, 0) is 71.5 Å². The number of aromatic nitrogens is 2. The van der Waals surface area contributed by atoms with Crippen molar-refractivity contribution in [1.29, 1.82) is 0 Å². The Morgan fingerprint density at radius 1 is 0.891 bits per heavy atom. The Labute approximate surface area is 287 Å². The van der Waals surface area contributed by atoms with E-state index >= 15 is 0 Å². The minimum Gasteiger partial charge on any atom is -0.321 e. The second-order valence-corrected chi connectivity index (χ2v) is 13.7. The Bertz CT molecular complexity index is 1830. The second-order valence-electron chi connectivity index (χ2n) is 9.62. The van der Waals surface area contributed by atoms with E-state index in [0.717, 1.165) is 37.8 Å². The fourth-order valence-electron chi connectivity index (χ4n) is 4.18. The number of halogens is 1. The molecule has 232 valence electrons. The van der Waals surface area contributed by atoms with Crippen LogP contribution in [0.4, 0.5) is 10.8 Å². The molecule has 0 radical (unpaired) electrons. The third-order valence-electron chi connectivity index (χ3n) is 6.31. The van der Waals surface area contributed by atoms with Crippen LogP contribution in [-0.4, -0.2) is 32.8 Å². The number of hydrogen-bond donors (Lipinski definition) is 3. The zero-order valence-corrected chi connectivity index (χ0v) is 28.5. The lowest BCUT2D eigenvalue weighted by Crippen LogP contribution is -2.30. The van der Waals surface area contributed by atoms with Gasteiger partial charge in [0.05, 0.1) is 0 Å². The van der Waals surface area contributed by atoms with Crippen LogP contribution in [0.15, 0.2) is 129 Å². The summed E-state index contributed by atoms with van der Waals surface area (Å²) in [7, 11) is 0. The zero-order chi connectivity index (χ0) is 32.3. The molecule has 0 saturated carbocycles. The number of thioether (sulfide) groups is 2. The molecule has 0 aliphatic carbocycles. The van der Waals surface area contributed by atoms with Gasteiger partial charge in [-0.25, -0.2) is 0 Å². The quantitative estimate of drug-likeness (QED) is 0.0875. The maximum absolute atomic E-state index is 13.4. The van der Waals surface area contributed by atoms with Crippen LogP contribution < -0.4 is 16.0 Å². The highest BCUT2D eigenvalue weighted by molar-refractivity contribution is 9.10. The fraction of sp³-hybridized carbons (Fsp3) is 0.0882. The molecule has 12 heteroatoms. The van der Waals surface area contributed by atoms with Gasteiger partial charge in [-0.15, -0.1) is 11.8 Å². The van der Waals surface area contributed by atoms with Crippen LogP contribution in [-0.2, 0) is 9.59 Å². The van der Waals surface area contributed by atoms with Crippen molar-refractivity contribution in [3.8, 4) is 0 Å². The number of nitrogens with one attached hydrogen (secondary N) is 3. The van der Waals surface area contributed by atoms with Crippen molar-refractivity contribution < 1.29 is 14.4 Å². The lowest BCUT2D eigenvalue weighted by atomic mass is 10.1. The van der Waals surface area contributed by atoms with Crippen molar-refractivity contribution in [2.24, 2.45) is 0 Å². The number of carbonyl (C=O) groups excluding carboxylic acids is 3. The van der Waals surface area contributed by atoms with Gasteiger partial charge in [-0.2, -0.15) is 9.36 Å². The molecular formula is C34H28BrN5O3S3. The Balaban J connectivity index is 1.31. The van der Waals surface area contributed by atoms with Crippen molar-refractivity contribution in [3.63, 3.8) is 0 Å². The molecule has 4 aromatic carbocycles. The number of hydrogen-bond acceptors (Lipinski definition) is 8. The van der Waals surface area contributed by atoms with Gasteiger partial charge in [0.1, 0.15) is 10.9 Å².